The molecule has 0 saturated carbocycles. The van der Waals surface area contributed by atoms with Gasteiger partial charge in [-0.3, -0.25) is 5.32 Å². The lowest BCUT2D eigenvalue weighted by atomic mass is 10.2. The van der Waals surface area contributed by atoms with Crippen LogP contribution in [0.25, 0.3) is 0 Å². The molecule has 0 fully saturated rings. The van der Waals surface area contributed by atoms with Crippen molar-refractivity contribution in [2.45, 2.75) is 13.0 Å². The first-order valence-corrected chi connectivity index (χ1v) is 10.5. The van der Waals surface area contributed by atoms with Gasteiger partial charge in [-0.05, 0) is 60.7 Å². The van der Waals surface area contributed by atoms with Crippen molar-refractivity contribution in [1.82, 2.24) is 0 Å². The summed E-state index contributed by atoms with van der Waals surface area (Å²) in [5, 5.41) is 3.34. The second kappa shape index (κ2) is 11.6. The van der Waals surface area contributed by atoms with E-state index in [0.29, 0.717) is 32.5 Å². The van der Waals surface area contributed by atoms with Crippen LogP contribution in [-0.2, 0) is 11.3 Å². The number of nitrogens with zero attached hydrogens (tertiary/aromatic N) is 2. The minimum absolute atomic E-state index is 0.0978. The second-order valence-corrected chi connectivity index (χ2v) is 7.59. The van der Waals surface area contributed by atoms with Crippen molar-refractivity contribution >= 4 is 52.8 Å². The number of hydrogen-bond acceptors (Lipinski definition) is 4. The van der Waals surface area contributed by atoms with Gasteiger partial charge in [0.2, 0.25) is 0 Å². The van der Waals surface area contributed by atoms with E-state index in [1.807, 2.05) is 0 Å². The minimum Gasteiger partial charge on any atom is -0.444 e. The molecule has 0 spiro atoms. The molecule has 35 heavy (non-hydrogen) atoms. The van der Waals surface area contributed by atoms with Crippen LogP contribution in [0.4, 0.5) is 29.3 Å². The molecule has 3 aromatic rings. The maximum Gasteiger partial charge on any atom is 0.573 e. The van der Waals surface area contributed by atoms with Crippen molar-refractivity contribution in [2.24, 2.45) is 15.7 Å². The predicted octanol–water partition coefficient (Wildman–Crippen LogP) is 6.71. The Hall–Kier alpha value is -3.76. The lowest BCUT2D eigenvalue weighted by molar-refractivity contribution is -0.274. The SMILES string of the molecule is NC(=NC=Nc1ccc(OC(F)(F)F)cc1)c1ccc(NC(=O)OCc2c(Cl)cccc2Cl)cc1. The van der Waals surface area contributed by atoms with Gasteiger partial charge in [-0.15, -0.1) is 13.2 Å². The van der Waals surface area contributed by atoms with Gasteiger partial charge in [-0.1, -0.05) is 29.3 Å². The number of halogens is 5. The molecule has 0 heterocycles. The number of nitrogens with one attached hydrogen (secondary N) is 1. The van der Waals surface area contributed by atoms with Crippen LogP contribution < -0.4 is 15.8 Å². The second-order valence-electron chi connectivity index (χ2n) is 6.78. The Morgan fingerprint density at radius 2 is 1.63 bits per heavy atom. The normalized spacial score (nSPS) is 12.0. The molecule has 0 aromatic heterocycles. The van der Waals surface area contributed by atoms with Crippen LogP contribution in [0.5, 0.6) is 5.75 Å². The Labute approximate surface area is 208 Å². The van der Waals surface area contributed by atoms with Gasteiger partial charge in [0.15, 0.2) is 0 Å². The molecule has 0 saturated heterocycles. The monoisotopic (exact) mass is 524 g/mol. The molecule has 0 radical (unpaired) electrons. The number of nitrogens with two attached hydrogens (primary N) is 1. The number of benzene rings is 3. The van der Waals surface area contributed by atoms with Crippen molar-refractivity contribution in [1.29, 1.82) is 0 Å². The minimum atomic E-state index is -4.76. The zero-order chi connectivity index (χ0) is 25.4. The fourth-order valence-corrected chi connectivity index (χ4v) is 3.16. The smallest absolute Gasteiger partial charge is 0.444 e. The van der Waals surface area contributed by atoms with Crippen molar-refractivity contribution < 1.29 is 27.4 Å². The number of alkyl halides is 3. The summed E-state index contributed by atoms with van der Waals surface area (Å²) in [6.45, 7) is -0.0978. The topological polar surface area (TPSA) is 98.3 Å². The summed E-state index contributed by atoms with van der Waals surface area (Å²) >= 11 is 12.1. The van der Waals surface area contributed by atoms with Crippen LogP contribution in [-0.4, -0.2) is 24.6 Å². The maximum atomic E-state index is 12.2. The molecule has 7 nitrogen and oxygen atoms in total. The van der Waals surface area contributed by atoms with Crippen LogP contribution in [0.2, 0.25) is 10.0 Å². The van der Waals surface area contributed by atoms with Gasteiger partial charge in [0.05, 0.1) is 5.69 Å². The average Bonchev–Trinajstić information content (AvgIpc) is 2.79. The van der Waals surface area contributed by atoms with E-state index in [0.717, 1.165) is 12.1 Å². The van der Waals surface area contributed by atoms with E-state index in [4.69, 9.17) is 33.7 Å². The molecule has 182 valence electrons. The molecular formula is C23H17Cl2F3N4O3. The van der Waals surface area contributed by atoms with E-state index in [2.05, 4.69) is 20.0 Å². The molecule has 0 aliphatic carbocycles. The molecule has 3 rings (SSSR count). The Bertz CT molecular complexity index is 1210. The van der Waals surface area contributed by atoms with Crippen LogP contribution >= 0.6 is 23.2 Å². The summed E-state index contributed by atoms with van der Waals surface area (Å²) in [5.74, 6) is -0.224. The molecule has 12 heteroatoms. The quantitative estimate of drug-likeness (QED) is 0.265. The zero-order valence-corrected chi connectivity index (χ0v) is 19.2. The third-order valence-corrected chi connectivity index (χ3v) is 5.02. The van der Waals surface area contributed by atoms with Gasteiger partial charge in [-0.25, -0.2) is 14.8 Å². The lowest BCUT2D eigenvalue weighted by Crippen LogP contribution is -2.16. The van der Waals surface area contributed by atoms with E-state index >= 15 is 0 Å². The predicted molar refractivity (Wildman–Crippen MR) is 129 cm³/mol. The first kappa shape index (κ1) is 25.9. The molecule has 3 N–H and O–H groups in total. The van der Waals surface area contributed by atoms with E-state index in [-0.39, 0.29) is 18.2 Å². The fraction of sp³-hybridized carbons (Fsp3) is 0.0870. The fourth-order valence-electron chi connectivity index (χ4n) is 2.65. The van der Waals surface area contributed by atoms with Gasteiger partial charge in [0.1, 0.15) is 24.5 Å². The average molecular weight is 525 g/mol. The number of carbonyl (C=O) groups excluding carboxylic acids is 1. The molecule has 3 aromatic carbocycles. The highest BCUT2D eigenvalue weighted by Crippen LogP contribution is 2.26. The molecule has 0 aliphatic rings. The molecule has 0 bridgehead atoms. The lowest BCUT2D eigenvalue weighted by Gasteiger charge is -2.10. The van der Waals surface area contributed by atoms with Crippen LogP contribution in [0.1, 0.15) is 11.1 Å². The van der Waals surface area contributed by atoms with E-state index in [1.54, 1.807) is 42.5 Å². The summed E-state index contributed by atoms with van der Waals surface area (Å²) in [6.07, 6.45) is -4.30. The maximum absolute atomic E-state index is 12.2. The number of hydrogen-bond donors (Lipinski definition) is 2. The third kappa shape index (κ3) is 8.20. The van der Waals surface area contributed by atoms with Crippen LogP contribution in [0, 0.1) is 0 Å². The van der Waals surface area contributed by atoms with Gasteiger partial charge in [0, 0.05) is 26.9 Å². The zero-order valence-electron chi connectivity index (χ0n) is 17.7. The van der Waals surface area contributed by atoms with Crippen molar-refractivity contribution in [3.63, 3.8) is 0 Å². The van der Waals surface area contributed by atoms with E-state index in [1.165, 1.54) is 18.5 Å². The number of amidine groups is 1. The first-order valence-electron chi connectivity index (χ1n) is 9.79. The number of carbonyl (C=O) groups is 1. The van der Waals surface area contributed by atoms with Crippen molar-refractivity contribution in [3.05, 3.63) is 87.9 Å². The molecule has 1 amide bonds. The number of rotatable bonds is 7. The summed E-state index contributed by atoms with van der Waals surface area (Å²) in [7, 11) is 0. The Kier molecular flexibility index (Phi) is 8.56. The Balaban J connectivity index is 1.53. The van der Waals surface area contributed by atoms with Gasteiger partial charge >= 0.3 is 12.5 Å². The summed E-state index contributed by atoms with van der Waals surface area (Å²) in [5.41, 5.74) is 7.77. The van der Waals surface area contributed by atoms with E-state index < -0.39 is 12.5 Å². The Morgan fingerprint density at radius 3 is 2.23 bits per heavy atom. The number of ether oxygens (including phenoxy) is 2. The highest BCUT2D eigenvalue weighted by molar-refractivity contribution is 6.35. The molecule has 0 aliphatic heterocycles. The number of amides is 1. The van der Waals surface area contributed by atoms with Crippen molar-refractivity contribution in [3.8, 4) is 5.75 Å². The number of aliphatic imine (C=N–C) groups is 2. The summed E-state index contributed by atoms with van der Waals surface area (Å²) in [6, 6.07) is 16.3. The van der Waals surface area contributed by atoms with E-state index in [9.17, 15) is 18.0 Å². The molecular weight excluding hydrogens is 508 g/mol. The van der Waals surface area contributed by atoms with Gasteiger partial charge < -0.3 is 15.2 Å². The number of anilines is 1. The summed E-state index contributed by atoms with van der Waals surface area (Å²) in [4.78, 5) is 20.0. The van der Waals surface area contributed by atoms with Crippen LogP contribution in [0.3, 0.4) is 0 Å². The van der Waals surface area contributed by atoms with Gasteiger partial charge in [-0.2, -0.15) is 0 Å². The third-order valence-electron chi connectivity index (χ3n) is 4.31. The molecule has 0 unspecified atom stereocenters. The molecule has 0 atom stereocenters. The van der Waals surface area contributed by atoms with Gasteiger partial charge in [0.25, 0.3) is 0 Å². The summed E-state index contributed by atoms with van der Waals surface area (Å²) < 4.78 is 45.5. The highest BCUT2D eigenvalue weighted by Gasteiger charge is 2.30. The van der Waals surface area contributed by atoms with Crippen molar-refractivity contribution in [2.75, 3.05) is 5.32 Å². The van der Waals surface area contributed by atoms with Crippen LogP contribution in [0.15, 0.2) is 76.7 Å². The largest absolute Gasteiger partial charge is 0.573 e. The highest BCUT2D eigenvalue weighted by atomic mass is 35.5. The standard InChI is InChI=1S/C23H17Cl2F3N4O3/c24-19-2-1-3-20(25)18(19)12-34-22(33)32-16-6-4-14(5-7-16)21(29)31-13-30-15-8-10-17(11-9-15)35-23(26,27)28/h1-11,13H,12H2,(H,32,33)(H2,29,30,31). The first-order chi connectivity index (χ1) is 16.6. The Morgan fingerprint density at radius 1 is 1.00 bits per heavy atom.